The van der Waals surface area contributed by atoms with Gasteiger partial charge in [-0.3, -0.25) is 0 Å². The van der Waals surface area contributed by atoms with Gasteiger partial charge in [-0.05, 0) is 43.0 Å². The lowest BCUT2D eigenvalue weighted by Crippen LogP contribution is -2.13. The molecule has 21 heavy (non-hydrogen) atoms. The second-order valence-corrected chi connectivity index (χ2v) is 6.63. The Morgan fingerprint density at radius 1 is 1.24 bits per heavy atom. The molecule has 3 nitrogen and oxygen atoms in total. The van der Waals surface area contributed by atoms with Gasteiger partial charge in [-0.1, -0.05) is 27.7 Å². The van der Waals surface area contributed by atoms with Crippen molar-refractivity contribution in [2.24, 2.45) is 0 Å². The zero-order valence-electron chi connectivity index (χ0n) is 14.1. The molecular weight excluding hydrogens is 262 g/mol. The molecule has 0 unspecified atom stereocenters. The Hall–Kier alpha value is -1.48. The normalized spacial score (nSPS) is 12.1. The summed E-state index contributed by atoms with van der Waals surface area (Å²) in [4.78, 5) is 0. The Bertz CT molecular complexity index is 620. The van der Waals surface area contributed by atoms with Crippen LogP contribution in [0.15, 0.2) is 16.5 Å². The fourth-order valence-corrected chi connectivity index (χ4v) is 2.56. The summed E-state index contributed by atoms with van der Waals surface area (Å²) in [7, 11) is 1.72. The zero-order chi connectivity index (χ0) is 15.6. The number of nitrogens with one attached hydrogen (secondary N) is 1. The van der Waals surface area contributed by atoms with Crippen LogP contribution in [0.5, 0.6) is 5.75 Å². The van der Waals surface area contributed by atoms with E-state index in [-0.39, 0.29) is 5.41 Å². The third kappa shape index (κ3) is 3.24. The SMILES string of the molecule is CCCNCc1oc2c(C(C)(C)C)cc(OC)cc2c1C. The van der Waals surface area contributed by atoms with Crippen LogP contribution in [0.4, 0.5) is 0 Å². The van der Waals surface area contributed by atoms with Gasteiger partial charge in [0.1, 0.15) is 17.1 Å². The molecule has 0 fully saturated rings. The Morgan fingerprint density at radius 2 is 1.95 bits per heavy atom. The molecule has 116 valence electrons. The third-order valence-electron chi connectivity index (χ3n) is 3.87. The second-order valence-electron chi connectivity index (χ2n) is 6.63. The van der Waals surface area contributed by atoms with Crippen LogP contribution < -0.4 is 10.1 Å². The van der Waals surface area contributed by atoms with E-state index in [0.29, 0.717) is 0 Å². The molecule has 2 aromatic rings. The first kappa shape index (κ1) is 15.9. The molecule has 1 N–H and O–H groups in total. The number of fused-ring (bicyclic) bond motifs is 1. The van der Waals surface area contributed by atoms with Gasteiger partial charge in [-0.15, -0.1) is 0 Å². The molecule has 0 saturated heterocycles. The van der Waals surface area contributed by atoms with Crippen LogP contribution in [0.3, 0.4) is 0 Å². The van der Waals surface area contributed by atoms with E-state index in [9.17, 15) is 0 Å². The van der Waals surface area contributed by atoms with Gasteiger partial charge in [-0.25, -0.2) is 0 Å². The van der Waals surface area contributed by atoms with E-state index in [1.165, 1.54) is 11.1 Å². The topological polar surface area (TPSA) is 34.4 Å². The summed E-state index contributed by atoms with van der Waals surface area (Å²) in [5.74, 6) is 1.92. The summed E-state index contributed by atoms with van der Waals surface area (Å²) in [5.41, 5.74) is 3.42. The molecule has 0 spiro atoms. The summed E-state index contributed by atoms with van der Waals surface area (Å²) in [6, 6.07) is 4.17. The van der Waals surface area contributed by atoms with Crippen LogP contribution in [0, 0.1) is 6.92 Å². The summed E-state index contributed by atoms with van der Waals surface area (Å²) < 4.78 is 11.6. The Labute approximate surface area is 127 Å². The summed E-state index contributed by atoms with van der Waals surface area (Å²) in [6.07, 6.45) is 1.13. The maximum atomic E-state index is 6.18. The molecule has 2 rings (SSSR count). The third-order valence-corrected chi connectivity index (χ3v) is 3.87. The van der Waals surface area contributed by atoms with Crippen molar-refractivity contribution in [3.63, 3.8) is 0 Å². The first-order chi connectivity index (χ1) is 9.88. The molecule has 0 saturated carbocycles. The first-order valence-electron chi connectivity index (χ1n) is 7.69. The summed E-state index contributed by atoms with van der Waals surface area (Å²) in [5, 5.41) is 4.57. The van der Waals surface area contributed by atoms with Crippen molar-refractivity contribution < 1.29 is 9.15 Å². The lowest BCUT2D eigenvalue weighted by Gasteiger charge is -2.20. The lowest BCUT2D eigenvalue weighted by atomic mass is 9.85. The molecule has 3 heteroatoms. The van der Waals surface area contributed by atoms with Gasteiger partial charge in [-0.2, -0.15) is 0 Å². The van der Waals surface area contributed by atoms with Gasteiger partial charge in [0.05, 0.1) is 13.7 Å². The van der Waals surface area contributed by atoms with Crippen molar-refractivity contribution in [1.82, 2.24) is 5.32 Å². The molecule has 1 aromatic carbocycles. The van der Waals surface area contributed by atoms with Crippen molar-refractivity contribution in [2.75, 3.05) is 13.7 Å². The molecular formula is C18H27NO2. The molecule has 0 radical (unpaired) electrons. The second kappa shape index (κ2) is 6.10. The van der Waals surface area contributed by atoms with Gasteiger partial charge >= 0.3 is 0 Å². The Morgan fingerprint density at radius 3 is 2.52 bits per heavy atom. The molecule has 1 aromatic heterocycles. The van der Waals surface area contributed by atoms with E-state index < -0.39 is 0 Å². The Balaban J connectivity index is 2.55. The number of benzene rings is 1. The van der Waals surface area contributed by atoms with Crippen molar-refractivity contribution in [1.29, 1.82) is 0 Å². The number of furan rings is 1. The van der Waals surface area contributed by atoms with Crippen LogP contribution in [-0.2, 0) is 12.0 Å². The molecule has 0 aliphatic heterocycles. The monoisotopic (exact) mass is 289 g/mol. The minimum absolute atomic E-state index is 0.0190. The summed E-state index contributed by atoms with van der Waals surface area (Å²) in [6.45, 7) is 12.7. The smallest absolute Gasteiger partial charge is 0.138 e. The molecule has 0 aliphatic rings. The van der Waals surface area contributed by atoms with Crippen molar-refractivity contribution in [3.8, 4) is 5.75 Å². The maximum absolute atomic E-state index is 6.18. The predicted molar refractivity (Wildman–Crippen MR) is 88.2 cm³/mol. The van der Waals surface area contributed by atoms with E-state index >= 15 is 0 Å². The summed E-state index contributed by atoms with van der Waals surface area (Å²) >= 11 is 0. The largest absolute Gasteiger partial charge is 0.497 e. The maximum Gasteiger partial charge on any atom is 0.138 e. The predicted octanol–water partition coefficient (Wildman–Crippen LogP) is 4.55. The van der Waals surface area contributed by atoms with E-state index in [1.54, 1.807) is 7.11 Å². The van der Waals surface area contributed by atoms with Crippen LogP contribution in [-0.4, -0.2) is 13.7 Å². The zero-order valence-corrected chi connectivity index (χ0v) is 14.1. The number of hydrogen-bond donors (Lipinski definition) is 1. The first-order valence-corrected chi connectivity index (χ1v) is 7.69. The highest BCUT2D eigenvalue weighted by atomic mass is 16.5. The fourth-order valence-electron chi connectivity index (χ4n) is 2.56. The van der Waals surface area contributed by atoms with E-state index in [0.717, 1.165) is 42.0 Å². The number of hydrogen-bond acceptors (Lipinski definition) is 3. The number of ether oxygens (including phenoxy) is 1. The van der Waals surface area contributed by atoms with E-state index in [1.807, 2.05) is 0 Å². The standard InChI is InChI=1S/C18H27NO2/c1-7-8-19-11-16-12(2)14-9-13(20-6)10-15(17(14)21-16)18(3,4)5/h9-10,19H,7-8,11H2,1-6H3. The van der Waals surface area contributed by atoms with Gasteiger partial charge in [0.15, 0.2) is 0 Å². The highest BCUT2D eigenvalue weighted by Crippen LogP contribution is 2.37. The minimum Gasteiger partial charge on any atom is -0.497 e. The van der Waals surface area contributed by atoms with Crippen molar-refractivity contribution in [3.05, 3.63) is 29.0 Å². The van der Waals surface area contributed by atoms with Crippen LogP contribution >= 0.6 is 0 Å². The van der Waals surface area contributed by atoms with Crippen LogP contribution in [0.1, 0.15) is 51.0 Å². The highest BCUT2D eigenvalue weighted by Gasteiger charge is 2.23. The van der Waals surface area contributed by atoms with E-state index in [2.05, 4.69) is 52.1 Å². The molecule has 0 amide bonds. The average Bonchev–Trinajstić information content (AvgIpc) is 2.74. The average molecular weight is 289 g/mol. The minimum atomic E-state index is 0.0190. The fraction of sp³-hybridized carbons (Fsp3) is 0.556. The lowest BCUT2D eigenvalue weighted by molar-refractivity contribution is 0.413. The van der Waals surface area contributed by atoms with Crippen LogP contribution in [0.25, 0.3) is 11.0 Å². The van der Waals surface area contributed by atoms with Crippen molar-refractivity contribution in [2.45, 2.75) is 53.0 Å². The van der Waals surface area contributed by atoms with Crippen molar-refractivity contribution >= 4 is 11.0 Å². The molecule has 1 heterocycles. The highest BCUT2D eigenvalue weighted by molar-refractivity contribution is 5.87. The molecule has 0 bridgehead atoms. The number of rotatable bonds is 5. The van der Waals surface area contributed by atoms with E-state index in [4.69, 9.17) is 9.15 Å². The van der Waals surface area contributed by atoms with Gasteiger partial charge in [0, 0.05) is 10.9 Å². The molecule has 0 aliphatic carbocycles. The quantitative estimate of drug-likeness (QED) is 0.820. The number of methoxy groups -OCH3 is 1. The van der Waals surface area contributed by atoms with Gasteiger partial charge < -0.3 is 14.5 Å². The molecule has 0 atom stereocenters. The van der Waals surface area contributed by atoms with Crippen LogP contribution in [0.2, 0.25) is 0 Å². The van der Waals surface area contributed by atoms with Gasteiger partial charge in [0.25, 0.3) is 0 Å². The number of aryl methyl sites for hydroxylation is 1. The van der Waals surface area contributed by atoms with Gasteiger partial charge in [0.2, 0.25) is 0 Å². The Kier molecular flexibility index (Phi) is 4.62.